The Bertz CT molecular complexity index is 728. The molecule has 6 heteroatoms. The number of carbonyl (C=O) groups excluding carboxylic acids is 1. The standard InChI is InChI=1S/C14H10N2O3S/c17-13-14(8-4-1-2-5-9(8)15-13)11(12(14)16(18)19)10-6-3-7-20-10/h1-7,11-12H,(H,15,17)/t11-,12-,14+/m0/s1. The Morgan fingerprint density at radius 3 is 2.75 bits per heavy atom. The zero-order chi connectivity index (χ0) is 13.9. The van der Waals surface area contributed by atoms with Crippen LogP contribution in [0.1, 0.15) is 16.4 Å². The lowest BCUT2D eigenvalue weighted by Gasteiger charge is -2.04. The van der Waals surface area contributed by atoms with Crippen molar-refractivity contribution in [2.24, 2.45) is 0 Å². The number of hydrogen-bond acceptors (Lipinski definition) is 4. The number of carbonyl (C=O) groups is 1. The molecule has 0 unspecified atom stereocenters. The minimum atomic E-state index is -1.02. The van der Waals surface area contributed by atoms with Gasteiger partial charge in [0.05, 0.1) is 5.92 Å². The van der Waals surface area contributed by atoms with Crippen LogP contribution in [0.4, 0.5) is 5.69 Å². The average Bonchev–Trinajstić information content (AvgIpc) is 2.73. The van der Waals surface area contributed by atoms with Crippen LogP contribution in [0.15, 0.2) is 41.8 Å². The molecule has 0 saturated heterocycles. The van der Waals surface area contributed by atoms with Crippen LogP contribution in [-0.4, -0.2) is 16.9 Å². The number of hydrogen-bond donors (Lipinski definition) is 1. The summed E-state index contributed by atoms with van der Waals surface area (Å²) in [6.07, 6.45) is 0. The molecule has 3 atom stereocenters. The van der Waals surface area contributed by atoms with Crippen LogP contribution in [0.5, 0.6) is 0 Å². The lowest BCUT2D eigenvalue weighted by atomic mass is 9.94. The van der Waals surface area contributed by atoms with Crippen molar-refractivity contribution in [1.82, 2.24) is 0 Å². The monoisotopic (exact) mass is 286 g/mol. The molecule has 5 nitrogen and oxygen atoms in total. The third-order valence-corrected chi connectivity index (χ3v) is 5.19. The molecule has 2 heterocycles. The van der Waals surface area contributed by atoms with E-state index in [0.717, 1.165) is 10.4 Å². The lowest BCUT2D eigenvalue weighted by molar-refractivity contribution is -0.499. The number of nitrogens with zero attached hydrogens (tertiary/aromatic N) is 1. The molecule has 1 aromatic carbocycles. The molecule has 2 aromatic rings. The number of amides is 1. The van der Waals surface area contributed by atoms with Crippen molar-refractivity contribution >= 4 is 22.9 Å². The number of para-hydroxylation sites is 1. The maximum absolute atomic E-state index is 12.4. The number of nitrogens with one attached hydrogen (secondary N) is 1. The van der Waals surface area contributed by atoms with E-state index in [0.29, 0.717) is 5.69 Å². The molecule has 1 aliphatic carbocycles. The van der Waals surface area contributed by atoms with Crippen LogP contribution >= 0.6 is 11.3 Å². The number of fused-ring (bicyclic) bond motifs is 2. The van der Waals surface area contributed by atoms with Gasteiger partial charge >= 0.3 is 0 Å². The highest BCUT2D eigenvalue weighted by atomic mass is 32.1. The molecule has 1 aliphatic heterocycles. The summed E-state index contributed by atoms with van der Waals surface area (Å²) in [5.74, 6) is -0.611. The van der Waals surface area contributed by atoms with Crippen LogP contribution < -0.4 is 5.32 Å². The largest absolute Gasteiger partial charge is 0.325 e. The first-order valence-electron chi connectivity index (χ1n) is 6.25. The van der Waals surface area contributed by atoms with Crippen molar-refractivity contribution in [1.29, 1.82) is 0 Å². The molecule has 20 heavy (non-hydrogen) atoms. The Labute approximate surface area is 118 Å². The van der Waals surface area contributed by atoms with Crippen LogP contribution in [0.2, 0.25) is 0 Å². The van der Waals surface area contributed by atoms with Crippen LogP contribution in [0.3, 0.4) is 0 Å². The van der Waals surface area contributed by atoms with E-state index >= 15 is 0 Å². The molecule has 1 spiro atoms. The van der Waals surface area contributed by atoms with Gasteiger partial charge in [0.15, 0.2) is 5.41 Å². The van der Waals surface area contributed by atoms with Gasteiger partial charge in [-0.3, -0.25) is 14.9 Å². The van der Waals surface area contributed by atoms with E-state index in [4.69, 9.17) is 0 Å². The first-order valence-corrected chi connectivity index (χ1v) is 7.13. The van der Waals surface area contributed by atoms with Crippen molar-refractivity contribution in [3.8, 4) is 0 Å². The molecule has 0 radical (unpaired) electrons. The van der Waals surface area contributed by atoms with E-state index in [9.17, 15) is 14.9 Å². The Morgan fingerprint density at radius 2 is 2.05 bits per heavy atom. The first-order chi connectivity index (χ1) is 9.67. The van der Waals surface area contributed by atoms with E-state index < -0.39 is 11.5 Å². The van der Waals surface area contributed by atoms with Crippen molar-refractivity contribution in [3.05, 3.63) is 62.3 Å². The summed E-state index contributed by atoms with van der Waals surface area (Å²) >= 11 is 1.47. The summed E-state index contributed by atoms with van der Waals surface area (Å²) in [7, 11) is 0. The lowest BCUT2D eigenvalue weighted by Crippen LogP contribution is -2.26. The summed E-state index contributed by atoms with van der Waals surface area (Å²) in [5.41, 5.74) is 0.429. The predicted octanol–water partition coefficient (Wildman–Crippen LogP) is 2.38. The zero-order valence-electron chi connectivity index (χ0n) is 10.3. The van der Waals surface area contributed by atoms with Crippen molar-refractivity contribution in [3.63, 3.8) is 0 Å². The summed E-state index contributed by atoms with van der Waals surface area (Å²) in [6, 6.07) is 10.1. The van der Waals surface area contributed by atoms with Gasteiger partial charge in [0.2, 0.25) is 11.9 Å². The fourth-order valence-corrected chi connectivity index (χ4v) is 4.34. The molecule has 1 fully saturated rings. The van der Waals surface area contributed by atoms with Crippen molar-refractivity contribution in [2.75, 3.05) is 5.32 Å². The molecule has 2 aliphatic rings. The van der Waals surface area contributed by atoms with E-state index in [1.807, 2.05) is 35.7 Å². The second-order valence-electron chi connectivity index (χ2n) is 5.09. The molecular weight excluding hydrogens is 276 g/mol. The van der Waals surface area contributed by atoms with Gasteiger partial charge in [-0.05, 0) is 23.1 Å². The minimum Gasteiger partial charge on any atom is -0.325 e. The van der Waals surface area contributed by atoms with Gasteiger partial charge in [0, 0.05) is 15.5 Å². The highest BCUT2D eigenvalue weighted by Crippen LogP contribution is 2.66. The topological polar surface area (TPSA) is 72.2 Å². The van der Waals surface area contributed by atoms with Gasteiger partial charge < -0.3 is 5.32 Å². The van der Waals surface area contributed by atoms with Crippen LogP contribution in [-0.2, 0) is 10.2 Å². The van der Waals surface area contributed by atoms with Gasteiger partial charge in [-0.15, -0.1) is 11.3 Å². The summed E-state index contributed by atoms with van der Waals surface area (Å²) in [6.45, 7) is 0. The molecular formula is C14H10N2O3S. The summed E-state index contributed by atoms with van der Waals surface area (Å²) < 4.78 is 0. The molecule has 1 N–H and O–H groups in total. The normalized spacial score (nSPS) is 30.1. The molecule has 4 rings (SSSR count). The maximum Gasteiger partial charge on any atom is 0.243 e. The predicted molar refractivity (Wildman–Crippen MR) is 74.6 cm³/mol. The highest BCUT2D eigenvalue weighted by molar-refractivity contribution is 7.10. The molecule has 1 aromatic heterocycles. The fraction of sp³-hybridized carbons (Fsp3) is 0.214. The Morgan fingerprint density at radius 1 is 1.25 bits per heavy atom. The number of thiophene rings is 1. The number of rotatable bonds is 2. The molecule has 100 valence electrons. The van der Waals surface area contributed by atoms with Gasteiger partial charge in [-0.25, -0.2) is 0 Å². The Balaban J connectivity index is 1.92. The second kappa shape index (κ2) is 3.67. The van der Waals surface area contributed by atoms with E-state index in [-0.39, 0.29) is 16.7 Å². The summed E-state index contributed by atoms with van der Waals surface area (Å²) in [5, 5.41) is 16.1. The van der Waals surface area contributed by atoms with Gasteiger partial charge in [-0.1, -0.05) is 24.3 Å². The maximum atomic E-state index is 12.4. The SMILES string of the molecule is O=C1Nc2ccccc2[C@@]12[C@@H]([N+](=O)[O-])[C@@H]2c1cccs1. The molecule has 0 bridgehead atoms. The molecule has 1 amide bonds. The zero-order valence-corrected chi connectivity index (χ0v) is 11.1. The second-order valence-corrected chi connectivity index (χ2v) is 6.07. The van der Waals surface area contributed by atoms with Crippen molar-refractivity contribution < 1.29 is 9.72 Å². The smallest absolute Gasteiger partial charge is 0.243 e. The van der Waals surface area contributed by atoms with Crippen LogP contribution in [0, 0.1) is 10.1 Å². The van der Waals surface area contributed by atoms with E-state index in [2.05, 4.69) is 5.32 Å². The van der Waals surface area contributed by atoms with Gasteiger partial charge in [0.1, 0.15) is 0 Å². The Kier molecular flexibility index (Phi) is 2.13. The minimum absolute atomic E-state index is 0.251. The van der Waals surface area contributed by atoms with Crippen LogP contribution in [0.25, 0.3) is 0 Å². The third-order valence-electron chi connectivity index (χ3n) is 4.24. The average molecular weight is 286 g/mol. The van der Waals surface area contributed by atoms with E-state index in [1.54, 1.807) is 6.07 Å². The van der Waals surface area contributed by atoms with Crippen molar-refractivity contribution in [2.45, 2.75) is 17.4 Å². The number of benzene rings is 1. The third kappa shape index (κ3) is 1.19. The highest BCUT2D eigenvalue weighted by Gasteiger charge is 2.82. The quantitative estimate of drug-likeness (QED) is 0.680. The fourth-order valence-electron chi connectivity index (χ4n) is 3.41. The van der Waals surface area contributed by atoms with Gasteiger partial charge in [0.25, 0.3) is 0 Å². The molecule has 1 saturated carbocycles. The van der Waals surface area contributed by atoms with Gasteiger partial charge in [-0.2, -0.15) is 0 Å². The first kappa shape index (κ1) is 11.6. The number of nitro groups is 1. The summed E-state index contributed by atoms with van der Waals surface area (Å²) in [4.78, 5) is 24.4. The Hall–Kier alpha value is -2.21. The number of anilines is 1. The van der Waals surface area contributed by atoms with E-state index in [1.165, 1.54) is 11.3 Å².